The van der Waals surface area contributed by atoms with Crippen molar-refractivity contribution in [3.8, 4) is 5.75 Å². The van der Waals surface area contributed by atoms with Gasteiger partial charge in [0.15, 0.2) is 0 Å². The Morgan fingerprint density at radius 2 is 2.00 bits per heavy atom. The molecule has 1 aromatic carbocycles. The maximum atomic E-state index is 6.01. The van der Waals surface area contributed by atoms with Crippen LogP contribution in [0.1, 0.15) is 19.4 Å². The fraction of sp³-hybridized carbons (Fsp3) is 0.571. The summed E-state index contributed by atoms with van der Waals surface area (Å²) in [5, 5.41) is 0. The van der Waals surface area contributed by atoms with Crippen molar-refractivity contribution in [1.82, 2.24) is 4.90 Å². The summed E-state index contributed by atoms with van der Waals surface area (Å²) >= 11 is 0. The fourth-order valence-electron chi connectivity index (χ4n) is 1.79. The van der Waals surface area contributed by atoms with E-state index in [4.69, 9.17) is 15.2 Å². The first-order valence-corrected chi connectivity index (χ1v) is 6.23. The van der Waals surface area contributed by atoms with Crippen LogP contribution in [0.15, 0.2) is 18.2 Å². The predicted octanol–water partition coefficient (Wildman–Crippen LogP) is 2.13. The van der Waals surface area contributed by atoms with Gasteiger partial charge in [-0.05, 0) is 37.6 Å². The second kappa shape index (κ2) is 7.24. The lowest BCUT2D eigenvalue weighted by molar-refractivity contribution is 0.125. The highest BCUT2D eigenvalue weighted by Gasteiger charge is 2.12. The van der Waals surface area contributed by atoms with Crippen LogP contribution in [0.4, 0.5) is 5.69 Å². The Morgan fingerprint density at radius 3 is 2.56 bits per heavy atom. The van der Waals surface area contributed by atoms with Crippen LogP contribution in [0.5, 0.6) is 5.75 Å². The number of nitrogens with zero attached hydrogens (tertiary/aromatic N) is 1. The van der Waals surface area contributed by atoms with Gasteiger partial charge in [-0.15, -0.1) is 0 Å². The fourth-order valence-corrected chi connectivity index (χ4v) is 1.79. The molecule has 0 aliphatic carbocycles. The van der Waals surface area contributed by atoms with E-state index in [0.29, 0.717) is 6.04 Å². The largest absolute Gasteiger partial charge is 0.497 e. The Kier molecular flexibility index (Phi) is 5.95. The number of hydrogen-bond acceptors (Lipinski definition) is 4. The van der Waals surface area contributed by atoms with E-state index < -0.39 is 0 Å². The molecule has 0 bridgehead atoms. The van der Waals surface area contributed by atoms with Crippen molar-refractivity contribution in [2.45, 2.75) is 26.4 Å². The normalized spacial score (nSPS) is 11.2. The summed E-state index contributed by atoms with van der Waals surface area (Å²) in [6, 6.07) is 6.22. The molecule has 0 unspecified atom stereocenters. The molecule has 0 aromatic heterocycles. The average Bonchev–Trinajstić information content (AvgIpc) is 2.36. The number of methoxy groups -OCH3 is 2. The van der Waals surface area contributed by atoms with Crippen molar-refractivity contribution in [2.75, 3.05) is 33.1 Å². The monoisotopic (exact) mass is 252 g/mol. The molecule has 0 fully saturated rings. The minimum Gasteiger partial charge on any atom is -0.497 e. The SMILES string of the molecule is COCCN(Cc1cc(OC)ccc1N)C(C)C. The van der Waals surface area contributed by atoms with Gasteiger partial charge in [0, 0.05) is 31.9 Å². The highest BCUT2D eigenvalue weighted by Crippen LogP contribution is 2.21. The van der Waals surface area contributed by atoms with E-state index in [-0.39, 0.29) is 0 Å². The standard InChI is InChI=1S/C14H24N2O2/c1-11(2)16(7-8-17-3)10-12-9-13(18-4)5-6-14(12)15/h5-6,9,11H,7-8,10,15H2,1-4H3. The molecular formula is C14H24N2O2. The number of hydrogen-bond donors (Lipinski definition) is 1. The molecule has 1 rings (SSSR count). The first-order chi connectivity index (χ1) is 8.58. The molecule has 0 saturated heterocycles. The van der Waals surface area contributed by atoms with Crippen LogP contribution in [0.2, 0.25) is 0 Å². The lowest BCUT2D eigenvalue weighted by atomic mass is 10.1. The van der Waals surface area contributed by atoms with E-state index in [9.17, 15) is 0 Å². The summed E-state index contributed by atoms with van der Waals surface area (Å²) in [7, 11) is 3.39. The quantitative estimate of drug-likeness (QED) is 0.755. The Balaban J connectivity index is 2.78. The molecule has 0 aliphatic heterocycles. The highest BCUT2D eigenvalue weighted by atomic mass is 16.5. The number of rotatable bonds is 7. The van der Waals surface area contributed by atoms with E-state index >= 15 is 0 Å². The van der Waals surface area contributed by atoms with Gasteiger partial charge >= 0.3 is 0 Å². The van der Waals surface area contributed by atoms with Gasteiger partial charge in [0.1, 0.15) is 5.75 Å². The molecule has 18 heavy (non-hydrogen) atoms. The second-order valence-electron chi connectivity index (χ2n) is 4.62. The summed E-state index contributed by atoms with van der Waals surface area (Å²) in [5.41, 5.74) is 7.91. The molecule has 102 valence electrons. The minimum absolute atomic E-state index is 0.450. The van der Waals surface area contributed by atoms with Crippen LogP contribution >= 0.6 is 0 Å². The highest BCUT2D eigenvalue weighted by molar-refractivity contribution is 5.50. The summed E-state index contributed by atoms with van der Waals surface area (Å²) < 4.78 is 10.4. The van der Waals surface area contributed by atoms with Crippen LogP contribution in [0.25, 0.3) is 0 Å². The van der Waals surface area contributed by atoms with E-state index in [1.54, 1.807) is 14.2 Å². The maximum Gasteiger partial charge on any atom is 0.119 e. The van der Waals surface area contributed by atoms with Crippen molar-refractivity contribution >= 4 is 5.69 Å². The number of nitrogen functional groups attached to an aromatic ring is 1. The van der Waals surface area contributed by atoms with Crippen molar-refractivity contribution in [3.63, 3.8) is 0 Å². The van der Waals surface area contributed by atoms with Gasteiger partial charge in [0.25, 0.3) is 0 Å². The Hall–Kier alpha value is -1.26. The van der Waals surface area contributed by atoms with Gasteiger partial charge in [-0.2, -0.15) is 0 Å². The van der Waals surface area contributed by atoms with E-state index in [0.717, 1.165) is 36.7 Å². The third kappa shape index (κ3) is 4.20. The van der Waals surface area contributed by atoms with E-state index in [2.05, 4.69) is 18.7 Å². The van der Waals surface area contributed by atoms with Gasteiger partial charge in [0.05, 0.1) is 13.7 Å². The molecule has 0 amide bonds. The first kappa shape index (κ1) is 14.8. The van der Waals surface area contributed by atoms with E-state index in [1.165, 1.54) is 0 Å². The Morgan fingerprint density at radius 1 is 1.28 bits per heavy atom. The van der Waals surface area contributed by atoms with Crippen LogP contribution in [-0.4, -0.2) is 38.3 Å². The predicted molar refractivity (Wildman–Crippen MR) is 74.8 cm³/mol. The molecular weight excluding hydrogens is 228 g/mol. The van der Waals surface area contributed by atoms with Crippen LogP contribution in [0.3, 0.4) is 0 Å². The average molecular weight is 252 g/mol. The molecule has 0 spiro atoms. The summed E-state index contributed by atoms with van der Waals surface area (Å²) in [6.45, 7) is 6.77. The molecule has 2 N–H and O–H groups in total. The van der Waals surface area contributed by atoms with Gasteiger partial charge in [0.2, 0.25) is 0 Å². The summed E-state index contributed by atoms with van der Waals surface area (Å²) in [4.78, 5) is 2.33. The van der Waals surface area contributed by atoms with Crippen molar-refractivity contribution < 1.29 is 9.47 Å². The van der Waals surface area contributed by atoms with Crippen molar-refractivity contribution in [3.05, 3.63) is 23.8 Å². The van der Waals surface area contributed by atoms with Gasteiger partial charge < -0.3 is 15.2 Å². The van der Waals surface area contributed by atoms with Gasteiger partial charge in [-0.3, -0.25) is 4.90 Å². The third-order valence-electron chi connectivity index (χ3n) is 3.04. The zero-order valence-corrected chi connectivity index (χ0v) is 11.8. The second-order valence-corrected chi connectivity index (χ2v) is 4.62. The van der Waals surface area contributed by atoms with Gasteiger partial charge in [-0.25, -0.2) is 0 Å². The molecule has 4 heteroatoms. The smallest absolute Gasteiger partial charge is 0.119 e. The van der Waals surface area contributed by atoms with Crippen LogP contribution in [-0.2, 0) is 11.3 Å². The maximum absolute atomic E-state index is 6.01. The van der Waals surface area contributed by atoms with Crippen molar-refractivity contribution in [1.29, 1.82) is 0 Å². The number of anilines is 1. The lowest BCUT2D eigenvalue weighted by Gasteiger charge is -2.26. The van der Waals surface area contributed by atoms with Gasteiger partial charge in [-0.1, -0.05) is 0 Å². The summed E-state index contributed by atoms with van der Waals surface area (Å²) in [6.07, 6.45) is 0. The Labute approximate surface area is 110 Å². The zero-order valence-electron chi connectivity index (χ0n) is 11.8. The molecule has 0 aliphatic rings. The van der Waals surface area contributed by atoms with E-state index in [1.807, 2.05) is 18.2 Å². The number of ether oxygens (including phenoxy) is 2. The zero-order chi connectivity index (χ0) is 13.5. The van der Waals surface area contributed by atoms with Crippen LogP contribution in [0, 0.1) is 0 Å². The molecule has 0 atom stereocenters. The molecule has 0 radical (unpaired) electrons. The first-order valence-electron chi connectivity index (χ1n) is 6.23. The topological polar surface area (TPSA) is 47.7 Å². The minimum atomic E-state index is 0.450. The van der Waals surface area contributed by atoms with Crippen molar-refractivity contribution in [2.24, 2.45) is 0 Å². The molecule has 0 saturated carbocycles. The summed E-state index contributed by atoms with van der Waals surface area (Å²) in [5.74, 6) is 0.842. The Bertz CT molecular complexity index is 367. The number of benzene rings is 1. The molecule has 0 heterocycles. The van der Waals surface area contributed by atoms with Crippen LogP contribution < -0.4 is 10.5 Å². The number of nitrogens with two attached hydrogens (primary N) is 1. The molecule has 4 nitrogen and oxygen atoms in total. The third-order valence-corrected chi connectivity index (χ3v) is 3.04. The lowest BCUT2D eigenvalue weighted by Crippen LogP contribution is -2.33. The molecule has 1 aromatic rings.